The van der Waals surface area contributed by atoms with Crippen molar-refractivity contribution < 1.29 is 32.1 Å². The Bertz CT molecular complexity index is 720. The molecule has 12 heteroatoms. The number of amidine groups is 1. The molecule has 1 aromatic carbocycles. The lowest BCUT2D eigenvalue weighted by Gasteiger charge is -2.09. The van der Waals surface area contributed by atoms with E-state index in [0.717, 1.165) is 6.07 Å². The molecule has 1 aromatic heterocycles. The second-order valence-corrected chi connectivity index (χ2v) is 4.88. The second-order valence-electron chi connectivity index (χ2n) is 4.02. The summed E-state index contributed by atoms with van der Waals surface area (Å²) in [6.07, 6.45) is -4.60. The van der Waals surface area contributed by atoms with E-state index in [1.165, 1.54) is 12.1 Å². The van der Waals surface area contributed by atoms with E-state index in [2.05, 4.69) is 46.1 Å². The number of alkyl halides is 3. The maximum Gasteiger partial charge on any atom is 0.422 e. The molecule has 0 unspecified atom stereocenters. The minimum absolute atomic E-state index is 0.117. The second kappa shape index (κ2) is 6.81. The molecule has 0 aliphatic heterocycles. The van der Waals surface area contributed by atoms with Crippen molar-refractivity contribution in [3.05, 3.63) is 34.2 Å². The SMILES string of the molecule is O/N=C(\Nc1ccc(F)c(Br)c1)c1nonc1OCC(F)(F)F. The number of hydrogen-bond acceptors (Lipinski definition) is 6. The van der Waals surface area contributed by atoms with Crippen molar-refractivity contribution in [2.45, 2.75) is 6.18 Å². The van der Waals surface area contributed by atoms with Crippen LogP contribution in [0.1, 0.15) is 5.69 Å². The highest BCUT2D eigenvalue weighted by atomic mass is 79.9. The average molecular weight is 399 g/mol. The molecule has 0 spiro atoms. The van der Waals surface area contributed by atoms with Crippen LogP contribution in [0.5, 0.6) is 5.88 Å². The number of oxime groups is 1. The van der Waals surface area contributed by atoms with Crippen LogP contribution < -0.4 is 10.1 Å². The summed E-state index contributed by atoms with van der Waals surface area (Å²) in [6, 6.07) is 3.73. The average Bonchev–Trinajstić information content (AvgIpc) is 2.94. The first kappa shape index (κ1) is 17.0. The van der Waals surface area contributed by atoms with E-state index in [1.54, 1.807) is 0 Å². The fourth-order valence-electron chi connectivity index (χ4n) is 1.41. The Morgan fingerprint density at radius 1 is 1.39 bits per heavy atom. The molecule has 0 atom stereocenters. The molecule has 124 valence electrons. The van der Waals surface area contributed by atoms with Crippen molar-refractivity contribution >= 4 is 27.5 Å². The van der Waals surface area contributed by atoms with Crippen LogP contribution in [0.2, 0.25) is 0 Å². The Morgan fingerprint density at radius 2 is 2.13 bits per heavy atom. The summed E-state index contributed by atoms with van der Waals surface area (Å²) in [7, 11) is 0. The fourth-order valence-corrected chi connectivity index (χ4v) is 1.79. The van der Waals surface area contributed by atoms with Crippen molar-refractivity contribution in [1.29, 1.82) is 0 Å². The minimum atomic E-state index is -4.60. The number of ether oxygens (including phenoxy) is 1. The first-order valence-electron chi connectivity index (χ1n) is 5.77. The van der Waals surface area contributed by atoms with Crippen molar-refractivity contribution in [1.82, 2.24) is 10.3 Å². The first-order valence-corrected chi connectivity index (χ1v) is 6.56. The van der Waals surface area contributed by atoms with Crippen molar-refractivity contribution in [2.75, 3.05) is 11.9 Å². The highest BCUT2D eigenvalue weighted by molar-refractivity contribution is 9.10. The van der Waals surface area contributed by atoms with Crippen LogP contribution in [0.25, 0.3) is 0 Å². The lowest BCUT2D eigenvalue weighted by atomic mass is 10.3. The molecule has 0 saturated heterocycles. The van der Waals surface area contributed by atoms with Gasteiger partial charge in [-0.1, -0.05) is 5.16 Å². The number of halogens is 5. The number of anilines is 1. The molecule has 23 heavy (non-hydrogen) atoms. The molecule has 2 N–H and O–H groups in total. The third-order valence-corrected chi connectivity index (χ3v) is 2.95. The van der Waals surface area contributed by atoms with Gasteiger partial charge in [-0.2, -0.15) is 13.2 Å². The summed E-state index contributed by atoms with van der Waals surface area (Å²) in [6.45, 7) is -1.63. The molecule has 2 rings (SSSR count). The van der Waals surface area contributed by atoms with Crippen LogP contribution in [0, 0.1) is 5.82 Å². The first-order chi connectivity index (χ1) is 10.8. The van der Waals surface area contributed by atoms with Crippen LogP contribution >= 0.6 is 15.9 Å². The maximum absolute atomic E-state index is 13.1. The van der Waals surface area contributed by atoms with E-state index >= 15 is 0 Å². The Labute approximate surface area is 134 Å². The number of rotatable bonds is 4. The summed E-state index contributed by atoms with van der Waals surface area (Å²) < 4.78 is 58.4. The maximum atomic E-state index is 13.1. The summed E-state index contributed by atoms with van der Waals surface area (Å²) in [5.41, 5.74) is -0.131. The van der Waals surface area contributed by atoms with Crippen LogP contribution in [0.15, 0.2) is 32.5 Å². The number of hydrogen-bond donors (Lipinski definition) is 2. The summed E-state index contributed by atoms with van der Waals surface area (Å²) >= 11 is 2.95. The molecule has 0 aliphatic rings. The lowest BCUT2D eigenvalue weighted by molar-refractivity contribution is -0.154. The summed E-state index contributed by atoms with van der Waals surface area (Å²) in [4.78, 5) is 0. The molecule has 0 fully saturated rings. The third-order valence-electron chi connectivity index (χ3n) is 2.34. The molecule has 2 aromatic rings. The molecular formula is C11H7BrF4N4O3. The number of nitrogens with zero attached hydrogens (tertiary/aromatic N) is 3. The normalized spacial score (nSPS) is 12.3. The minimum Gasteiger partial charge on any atom is -0.464 e. The topological polar surface area (TPSA) is 92.8 Å². The van der Waals surface area contributed by atoms with Gasteiger partial charge in [0, 0.05) is 5.69 Å². The van der Waals surface area contributed by atoms with Gasteiger partial charge in [0.2, 0.25) is 11.5 Å². The molecule has 0 saturated carbocycles. The van der Waals surface area contributed by atoms with Gasteiger partial charge in [0.25, 0.3) is 5.88 Å². The smallest absolute Gasteiger partial charge is 0.422 e. The molecule has 0 aliphatic carbocycles. The van der Waals surface area contributed by atoms with Crippen LogP contribution in [-0.2, 0) is 0 Å². The van der Waals surface area contributed by atoms with Crippen LogP contribution in [0.4, 0.5) is 23.2 Å². The van der Waals surface area contributed by atoms with Gasteiger partial charge >= 0.3 is 6.18 Å². The summed E-state index contributed by atoms with van der Waals surface area (Å²) in [5, 5.41) is 20.8. The third kappa shape index (κ3) is 4.55. The van der Waals surface area contributed by atoms with Gasteiger partial charge in [-0.15, -0.1) is 0 Å². The quantitative estimate of drug-likeness (QED) is 0.270. The molecular weight excluding hydrogens is 392 g/mol. The Hall–Kier alpha value is -2.37. The molecule has 0 bridgehead atoms. The van der Waals surface area contributed by atoms with Crippen molar-refractivity contribution in [3.63, 3.8) is 0 Å². The molecule has 0 amide bonds. The van der Waals surface area contributed by atoms with Crippen molar-refractivity contribution in [3.8, 4) is 5.88 Å². The predicted octanol–water partition coefficient (Wildman–Crippen LogP) is 3.16. The van der Waals surface area contributed by atoms with Gasteiger partial charge in [-0.05, 0) is 44.4 Å². The van der Waals surface area contributed by atoms with Gasteiger partial charge in [-0.3, -0.25) is 0 Å². The summed E-state index contributed by atoms with van der Waals surface area (Å²) in [5.74, 6) is -1.55. The Kier molecular flexibility index (Phi) is 5.03. The number of benzene rings is 1. The molecule has 1 heterocycles. The predicted molar refractivity (Wildman–Crippen MR) is 71.9 cm³/mol. The van der Waals surface area contributed by atoms with Gasteiger partial charge in [-0.25, -0.2) is 9.02 Å². The zero-order chi connectivity index (χ0) is 17.0. The fraction of sp³-hybridized carbons (Fsp3) is 0.182. The monoisotopic (exact) mass is 398 g/mol. The number of nitrogens with one attached hydrogen (secondary N) is 1. The van der Waals surface area contributed by atoms with E-state index in [4.69, 9.17) is 5.21 Å². The highest BCUT2D eigenvalue weighted by Crippen LogP contribution is 2.23. The van der Waals surface area contributed by atoms with Crippen LogP contribution in [-0.4, -0.2) is 34.1 Å². The highest BCUT2D eigenvalue weighted by Gasteiger charge is 2.30. The largest absolute Gasteiger partial charge is 0.464 e. The van der Waals surface area contributed by atoms with E-state index in [-0.39, 0.29) is 10.2 Å². The van der Waals surface area contributed by atoms with Gasteiger partial charge in [0.05, 0.1) is 4.47 Å². The molecule has 0 radical (unpaired) electrons. The van der Waals surface area contributed by atoms with Crippen molar-refractivity contribution in [2.24, 2.45) is 5.16 Å². The standard InChI is InChI=1S/C11H7BrF4N4O3/c12-6-3-5(1-2-7(6)13)17-9(18-21)8-10(20-23-19-8)22-4-11(14,15)16/h1-3,21H,4H2,(H,17,18). The Balaban J connectivity index is 2.18. The molecule has 7 nitrogen and oxygen atoms in total. The Morgan fingerprint density at radius 3 is 2.74 bits per heavy atom. The van der Waals surface area contributed by atoms with E-state index in [1.807, 2.05) is 0 Å². The van der Waals surface area contributed by atoms with Gasteiger partial charge in [0.1, 0.15) is 5.82 Å². The zero-order valence-electron chi connectivity index (χ0n) is 10.9. The zero-order valence-corrected chi connectivity index (χ0v) is 12.5. The van der Waals surface area contributed by atoms with E-state index < -0.39 is 36.0 Å². The number of aromatic nitrogens is 2. The van der Waals surface area contributed by atoms with Gasteiger partial charge in [0.15, 0.2) is 6.61 Å². The van der Waals surface area contributed by atoms with Gasteiger partial charge < -0.3 is 15.3 Å². The van der Waals surface area contributed by atoms with Crippen LogP contribution in [0.3, 0.4) is 0 Å². The van der Waals surface area contributed by atoms with E-state index in [9.17, 15) is 17.6 Å². The lowest BCUT2D eigenvalue weighted by Crippen LogP contribution is -2.21. The van der Waals surface area contributed by atoms with E-state index in [0.29, 0.717) is 0 Å².